The molecule has 0 fully saturated rings. The van der Waals surface area contributed by atoms with Gasteiger partial charge in [0.2, 0.25) is 31.9 Å². The quantitative estimate of drug-likeness (QED) is 0.0361. The number of H-pyrrole nitrogens is 4. The molecule has 4 heterocycles. The average Bonchev–Trinajstić information content (AvgIpc) is 3.94. The van der Waals surface area contributed by atoms with E-state index in [-0.39, 0.29) is 71.9 Å². The van der Waals surface area contributed by atoms with Crippen molar-refractivity contribution >= 4 is 77.9 Å². The molecule has 70 heavy (non-hydrogen) atoms. The number of halogens is 5. The number of hydrogen-bond donors (Lipinski definition) is 11. The van der Waals surface area contributed by atoms with Crippen LogP contribution in [0.2, 0.25) is 0 Å². The van der Waals surface area contributed by atoms with Gasteiger partial charge < -0.3 is 41.1 Å². The number of nitrogens with one attached hydrogen (secondary N) is 8. The summed E-state index contributed by atoms with van der Waals surface area (Å²) in [6.45, 7) is 0.150. The third-order valence-electron chi connectivity index (χ3n) is 8.45. The van der Waals surface area contributed by atoms with Crippen LogP contribution in [0.1, 0.15) is 18.9 Å². The maximum Gasteiger partial charge on any atom is 0.340 e. The summed E-state index contributed by atoms with van der Waals surface area (Å²) < 4.78 is 107. The largest absolute Gasteiger partial charge is 0.508 e. The van der Waals surface area contributed by atoms with E-state index in [1.807, 2.05) is 0 Å². The summed E-state index contributed by atoms with van der Waals surface area (Å²) in [7, 11) is -8.54. The van der Waals surface area contributed by atoms with Crippen LogP contribution in [0.3, 0.4) is 0 Å². The number of aromatic hydroxyl groups is 1. The number of ether oxygens (including phenoxy) is 1. The molecule has 0 aliphatic heterocycles. The molecule has 8 rings (SSSR count). The molecule has 0 atom stereocenters. The number of aromatic amines is 4. The van der Waals surface area contributed by atoms with E-state index in [1.54, 1.807) is 24.3 Å². The molecule has 13 N–H and O–H groups in total. The van der Waals surface area contributed by atoms with Crippen LogP contribution in [0.4, 0.5) is 63.8 Å². The zero-order valence-corrected chi connectivity index (χ0v) is 37.0. The number of phenolic OH excluding ortho intramolecular Hbond substituents is 1. The molecule has 0 spiro atoms. The van der Waals surface area contributed by atoms with Gasteiger partial charge >= 0.3 is 11.4 Å². The average molecular weight is 1030 g/mol. The second-order valence-corrected chi connectivity index (χ2v) is 16.9. The number of anilines is 8. The Bertz CT molecular complexity index is 3420. The summed E-state index contributed by atoms with van der Waals surface area (Å²) in [5, 5.41) is 35.7. The molecule has 8 aromatic rings. The van der Waals surface area contributed by atoms with Gasteiger partial charge in [-0.2, -0.15) is 15.1 Å². The van der Waals surface area contributed by atoms with Crippen LogP contribution in [0.5, 0.6) is 11.5 Å². The van der Waals surface area contributed by atoms with Gasteiger partial charge in [0.25, 0.3) is 0 Å². The van der Waals surface area contributed by atoms with E-state index in [0.717, 1.165) is 36.7 Å². The molecule has 368 valence electrons. The number of nitrogens with zero attached hydrogens (tertiary/aromatic N) is 5. The highest BCUT2D eigenvalue weighted by molar-refractivity contribution is 7.89. The fourth-order valence-electron chi connectivity index (χ4n) is 5.32. The van der Waals surface area contributed by atoms with E-state index < -0.39 is 53.1 Å². The molecule has 30 heteroatoms. The zero-order valence-electron chi connectivity index (χ0n) is 34.6. The number of aromatic nitrogens is 9. The highest BCUT2D eigenvalue weighted by Crippen LogP contribution is 2.26. The smallest absolute Gasteiger partial charge is 0.340 e. The van der Waals surface area contributed by atoms with Crippen LogP contribution in [0.15, 0.2) is 123 Å². The van der Waals surface area contributed by atoms with E-state index in [4.69, 9.17) is 26.6 Å². The molecule has 0 unspecified atom stereocenters. The lowest BCUT2D eigenvalue weighted by molar-refractivity contribution is 0.302. The monoisotopic (exact) mass is 1030 g/mol. The second-order valence-electron chi connectivity index (χ2n) is 13.5. The Morgan fingerprint density at radius 2 is 1.11 bits per heavy atom. The molecular formula is C40H38ClF4N15O8S2. The standard InChI is InChI=1S/C20H17F2N7O4S.C16H13F2N5O3S.C3H4ClN3O.CH4/c21-15-6-3-12(7-17(15)34(23,31)32)27-19-24-9-16(22)18(29-19)26-11-1-4-14(5-2-11)33-10-13-8-25-20(30)28-13;17-12-6-3-10(7-14(12)27(19,25)26)22-16-20-8-13(18)15(23-16)21-9-1-4-11(24)5-2-9;4-1-2-5-3(8)7-6-2;/h1-9H,10H2,(H2,23,31,32)(H2,25,28,30)(H2,24,26,27,29);1-8,24H,(H2,19,25,26)(H2,20,21,22,23);1H2,(H2,5,6,7,8);1H4. The van der Waals surface area contributed by atoms with Crippen molar-refractivity contribution < 1.29 is 44.2 Å². The summed E-state index contributed by atoms with van der Waals surface area (Å²) >= 11 is 5.29. The minimum absolute atomic E-state index is 0. The summed E-state index contributed by atoms with van der Waals surface area (Å²) in [6.07, 6.45) is 3.32. The Labute approximate surface area is 397 Å². The molecular weight excluding hydrogens is 994 g/mol. The van der Waals surface area contributed by atoms with Crippen molar-refractivity contribution in [2.75, 3.05) is 21.3 Å². The van der Waals surface area contributed by atoms with Gasteiger partial charge in [0.1, 0.15) is 45.4 Å². The molecule has 4 aromatic carbocycles. The van der Waals surface area contributed by atoms with Crippen molar-refractivity contribution in [1.82, 2.24) is 45.1 Å². The number of sulfonamides is 2. The molecule has 0 amide bonds. The highest BCUT2D eigenvalue weighted by atomic mass is 35.5. The first kappa shape index (κ1) is 52.6. The lowest BCUT2D eigenvalue weighted by Gasteiger charge is -2.11. The topological polar surface area (TPSA) is 360 Å². The Balaban J connectivity index is 0.000000226. The number of hydrogen-bond acceptors (Lipinski definition) is 17. The van der Waals surface area contributed by atoms with Crippen LogP contribution in [0.25, 0.3) is 0 Å². The van der Waals surface area contributed by atoms with Crippen LogP contribution < -0.4 is 47.7 Å². The molecule has 0 bridgehead atoms. The maximum atomic E-state index is 14.2. The fourth-order valence-corrected chi connectivity index (χ4v) is 6.71. The summed E-state index contributed by atoms with van der Waals surface area (Å²) in [4.78, 5) is 42.8. The van der Waals surface area contributed by atoms with Crippen LogP contribution in [-0.2, 0) is 32.5 Å². The van der Waals surface area contributed by atoms with Crippen LogP contribution >= 0.6 is 11.6 Å². The van der Waals surface area contributed by atoms with E-state index in [2.05, 4.69) is 66.4 Å². The number of phenols is 1. The SMILES string of the molecule is C.NS(=O)(=O)c1cc(Nc2ncc(F)c(Nc3ccc(O)cc3)n2)ccc1F.NS(=O)(=O)c1cc(Nc2ncc(F)c(Nc3ccc(OCc4c[nH]c(=O)[nH]4)cc3)n2)ccc1F.O=c1[nH]nc(CCl)[nH]1. The number of alkyl halides is 1. The van der Waals surface area contributed by atoms with Gasteiger partial charge in [0, 0.05) is 28.9 Å². The second kappa shape index (κ2) is 23.1. The third-order valence-corrected chi connectivity index (χ3v) is 10.6. The minimum Gasteiger partial charge on any atom is -0.508 e. The van der Waals surface area contributed by atoms with Gasteiger partial charge in [-0.05, 0) is 84.9 Å². The van der Waals surface area contributed by atoms with E-state index in [9.17, 15) is 49.1 Å². The molecule has 0 radical (unpaired) electrons. The lowest BCUT2D eigenvalue weighted by Crippen LogP contribution is -2.14. The first-order valence-electron chi connectivity index (χ1n) is 19.0. The Morgan fingerprint density at radius 1 is 0.643 bits per heavy atom. The molecule has 4 aromatic heterocycles. The molecule has 0 aliphatic carbocycles. The summed E-state index contributed by atoms with van der Waals surface area (Å²) in [6, 6.07) is 18.7. The zero-order chi connectivity index (χ0) is 49.9. The van der Waals surface area contributed by atoms with Crippen LogP contribution in [-0.4, -0.2) is 67.0 Å². The van der Waals surface area contributed by atoms with Crippen molar-refractivity contribution in [3.63, 3.8) is 0 Å². The van der Waals surface area contributed by atoms with Gasteiger partial charge in [0.05, 0.1) is 24.0 Å². The van der Waals surface area contributed by atoms with Crippen molar-refractivity contribution in [2.24, 2.45) is 10.3 Å². The van der Waals surface area contributed by atoms with Gasteiger partial charge in [0.15, 0.2) is 23.3 Å². The number of benzene rings is 4. The number of nitrogens with two attached hydrogens (primary N) is 2. The third kappa shape index (κ3) is 15.1. The predicted octanol–water partition coefficient (Wildman–Crippen LogP) is 5.55. The van der Waals surface area contributed by atoms with Crippen molar-refractivity contribution in [1.29, 1.82) is 0 Å². The van der Waals surface area contributed by atoms with Crippen molar-refractivity contribution in [3.8, 4) is 11.5 Å². The Hall–Kier alpha value is -8.38. The van der Waals surface area contributed by atoms with Gasteiger partial charge in [-0.25, -0.2) is 69.3 Å². The highest BCUT2D eigenvalue weighted by Gasteiger charge is 2.18. The molecule has 0 saturated heterocycles. The number of imidazole rings is 1. The maximum absolute atomic E-state index is 14.2. The predicted molar refractivity (Wildman–Crippen MR) is 248 cm³/mol. The minimum atomic E-state index is -4.28. The van der Waals surface area contributed by atoms with Crippen molar-refractivity contribution in [3.05, 3.63) is 159 Å². The van der Waals surface area contributed by atoms with E-state index in [1.165, 1.54) is 42.6 Å². The number of primary sulfonamides is 2. The van der Waals surface area contributed by atoms with Crippen LogP contribution in [0, 0.1) is 23.3 Å². The molecule has 0 aliphatic rings. The van der Waals surface area contributed by atoms with E-state index >= 15 is 0 Å². The normalized spacial score (nSPS) is 10.9. The van der Waals surface area contributed by atoms with E-state index in [0.29, 0.717) is 28.6 Å². The van der Waals surface area contributed by atoms with Gasteiger partial charge in [-0.3, -0.25) is 4.98 Å². The van der Waals surface area contributed by atoms with Gasteiger partial charge in [-0.1, -0.05) is 7.43 Å². The van der Waals surface area contributed by atoms with Crippen molar-refractivity contribution in [2.45, 2.75) is 29.7 Å². The lowest BCUT2D eigenvalue weighted by atomic mass is 10.3. The molecule has 23 nitrogen and oxygen atoms in total. The number of rotatable bonds is 14. The Morgan fingerprint density at radius 3 is 1.51 bits per heavy atom. The fraction of sp³-hybridized carbons (Fsp3) is 0.0750. The summed E-state index contributed by atoms with van der Waals surface area (Å²) in [5.74, 6) is -2.69. The summed E-state index contributed by atoms with van der Waals surface area (Å²) in [5.41, 5.74) is 1.16. The Kier molecular flexibility index (Phi) is 17.3. The van der Waals surface area contributed by atoms with Gasteiger partial charge in [-0.15, -0.1) is 11.6 Å². The first-order valence-corrected chi connectivity index (χ1v) is 22.6. The molecule has 0 saturated carbocycles. The first-order chi connectivity index (χ1) is 32.7.